The maximum absolute atomic E-state index is 5.65. The van der Waals surface area contributed by atoms with Gasteiger partial charge in [-0.05, 0) is 74.5 Å². The van der Waals surface area contributed by atoms with Crippen molar-refractivity contribution in [3.63, 3.8) is 0 Å². The standard InChI is InChI=1S/C14H11NOS.C6H7N.C4H5NO.C4H5NS/c1-10-6-8-11(9-7-10)17-14-15-12-4-2-3-5-13(12)16-14;1-6-2-4-7-5-3-6;2*1-4-5-2-3-6-4/h2-9H,1H3;2-5H,1H3;2*2-3H,1H3. The van der Waals surface area contributed by atoms with Crippen LogP contribution in [0, 0.1) is 27.7 Å². The molecule has 0 aliphatic rings. The van der Waals surface area contributed by atoms with Crippen LogP contribution in [0.1, 0.15) is 22.0 Å². The van der Waals surface area contributed by atoms with Crippen LogP contribution in [0.15, 0.2) is 116 Å². The van der Waals surface area contributed by atoms with Crippen molar-refractivity contribution < 1.29 is 8.83 Å². The molecule has 0 unspecified atom stereocenters. The summed E-state index contributed by atoms with van der Waals surface area (Å²) >= 11 is 3.21. The van der Waals surface area contributed by atoms with E-state index >= 15 is 0 Å². The Morgan fingerprint density at radius 2 is 1.47 bits per heavy atom. The van der Waals surface area contributed by atoms with E-state index < -0.39 is 0 Å². The number of hydrogen-bond acceptors (Lipinski definition) is 8. The molecular weight excluding hydrogens is 488 g/mol. The van der Waals surface area contributed by atoms with E-state index in [4.69, 9.17) is 8.83 Å². The van der Waals surface area contributed by atoms with Crippen LogP contribution in [0.2, 0.25) is 0 Å². The molecule has 0 atom stereocenters. The summed E-state index contributed by atoms with van der Waals surface area (Å²) in [6, 6.07) is 20.1. The highest BCUT2D eigenvalue weighted by atomic mass is 32.2. The Hall–Kier alpha value is -3.75. The monoisotopic (exact) mass is 516 g/mol. The SMILES string of the molecule is Cc1ccc(Sc2nc3ccccc3o2)cc1.Cc1ccncc1.Cc1ncco1.Cc1nccs1. The topological polar surface area (TPSA) is 77.8 Å². The Bertz CT molecular complexity index is 1320. The van der Waals surface area contributed by atoms with Gasteiger partial charge in [-0.1, -0.05) is 29.8 Å². The van der Waals surface area contributed by atoms with Crippen LogP contribution in [-0.4, -0.2) is 19.9 Å². The number of aromatic nitrogens is 4. The van der Waals surface area contributed by atoms with Gasteiger partial charge in [-0.15, -0.1) is 11.3 Å². The van der Waals surface area contributed by atoms with Crippen molar-refractivity contribution in [3.8, 4) is 0 Å². The Kier molecular flexibility index (Phi) is 10.9. The highest BCUT2D eigenvalue weighted by Crippen LogP contribution is 2.29. The maximum atomic E-state index is 5.65. The predicted octanol–water partition coefficient (Wildman–Crippen LogP) is 8.11. The second-order valence-corrected chi connectivity index (χ2v) is 9.61. The molecule has 6 rings (SSSR count). The van der Waals surface area contributed by atoms with Crippen molar-refractivity contribution in [1.82, 2.24) is 19.9 Å². The van der Waals surface area contributed by atoms with E-state index in [1.165, 1.54) is 11.1 Å². The number of para-hydroxylation sites is 2. The average molecular weight is 517 g/mol. The molecule has 0 saturated carbocycles. The summed E-state index contributed by atoms with van der Waals surface area (Å²) < 4.78 is 10.4. The van der Waals surface area contributed by atoms with E-state index in [1.54, 1.807) is 61.1 Å². The Labute approximate surface area is 219 Å². The van der Waals surface area contributed by atoms with E-state index in [1.807, 2.05) is 55.6 Å². The number of pyridine rings is 1. The van der Waals surface area contributed by atoms with Gasteiger partial charge >= 0.3 is 0 Å². The summed E-state index contributed by atoms with van der Waals surface area (Å²) in [4.78, 5) is 17.1. The number of rotatable bonds is 2. The molecule has 0 bridgehead atoms. The van der Waals surface area contributed by atoms with E-state index in [2.05, 4.69) is 51.1 Å². The van der Waals surface area contributed by atoms with Crippen molar-refractivity contribution in [2.75, 3.05) is 0 Å². The lowest BCUT2D eigenvalue weighted by atomic mass is 10.2. The number of hydrogen-bond donors (Lipinski definition) is 0. The van der Waals surface area contributed by atoms with Gasteiger partial charge in [-0.25, -0.2) is 9.97 Å². The molecule has 0 amide bonds. The zero-order chi connectivity index (χ0) is 25.6. The largest absolute Gasteiger partial charge is 0.449 e. The second kappa shape index (κ2) is 14.6. The third kappa shape index (κ3) is 9.85. The van der Waals surface area contributed by atoms with Gasteiger partial charge in [-0.3, -0.25) is 9.97 Å². The molecule has 0 radical (unpaired) electrons. The Morgan fingerprint density at radius 1 is 0.750 bits per heavy atom. The molecule has 4 heterocycles. The van der Waals surface area contributed by atoms with Crippen molar-refractivity contribution in [2.45, 2.75) is 37.8 Å². The third-order valence-corrected chi connectivity index (χ3v) is 6.02. The molecule has 0 aliphatic carbocycles. The lowest BCUT2D eigenvalue weighted by molar-refractivity contribution is 0.489. The molecule has 6 nitrogen and oxygen atoms in total. The van der Waals surface area contributed by atoms with Gasteiger partial charge in [0.25, 0.3) is 5.22 Å². The van der Waals surface area contributed by atoms with Gasteiger partial charge in [0.05, 0.1) is 11.2 Å². The normalized spacial score (nSPS) is 9.78. The van der Waals surface area contributed by atoms with E-state index in [0.717, 1.165) is 26.9 Å². The highest BCUT2D eigenvalue weighted by molar-refractivity contribution is 7.99. The van der Waals surface area contributed by atoms with Crippen LogP contribution in [-0.2, 0) is 0 Å². The van der Waals surface area contributed by atoms with E-state index in [0.29, 0.717) is 5.22 Å². The number of fused-ring (bicyclic) bond motifs is 1. The van der Waals surface area contributed by atoms with Crippen LogP contribution in [0.5, 0.6) is 0 Å². The zero-order valence-corrected chi connectivity index (χ0v) is 22.3. The van der Waals surface area contributed by atoms with Gasteiger partial charge in [0.15, 0.2) is 11.5 Å². The smallest absolute Gasteiger partial charge is 0.261 e. The number of thiazole rings is 1. The molecule has 0 aliphatic heterocycles. The molecule has 6 aromatic rings. The van der Waals surface area contributed by atoms with Gasteiger partial charge in [-0.2, -0.15) is 0 Å². The van der Waals surface area contributed by atoms with E-state index in [-0.39, 0.29) is 0 Å². The second-order valence-electron chi connectivity index (χ2n) is 7.49. The summed E-state index contributed by atoms with van der Waals surface area (Å²) in [5.41, 5.74) is 4.26. The summed E-state index contributed by atoms with van der Waals surface area (Å²) in [5, 5.41) is 3.79. The number of nitrogens with zero attached hydrogens (tertiary/aromatic N) is 4. The molecule has 0 N–H and O–H groups in total. The number of aryl methyl sites for hydroxylation is 4. The lowest BCUT2D eigenvalue weighted by Gasteiger charge is -1.96. The summed E-state index contributed by atoms with van der Waals surface area (Å²) in [6.45, 7) is 7.92. The molecule has 2 aromatic carbocycles. The van der Waals surface area contributed by atoms with Crippen LogP contribution in [0.25, 0.3) is 11.1 Å². The van der Waals surface area contributed by atoms with Crippen molar-refractivity contribution in [2.24, 2.45) is 0 Å². The molecule has 36 heavy (non-hydrogen) atoms. The highest BCUT2D eigenvalue weighted by Gasteiger charge is 2.06. The molecule has 184 valence electrons. The van der Waals surface area contributed by atoms with Crippen LogP contribution in [0.3, 0.4) is 0 Å². The average Bonchev–Trinajstić information content (AvgIpc) is 3.65. The number of oxazole rings is 2. The zero-order valence-electron chi connectivity index (χ0n) is 20.7. The first kappa shape index (κ1) is 26.8. The summed E-state index contributed by atoms with van der Waals surface area (Å²) in [6.07, 6.45) is 8.55. The quantitative estimate of drug-likeness (QED) is 0.230. The Morgan fingerprint density at radius 3 is 1.94 bits per heavy atom. The molecule has 0 saturated heterocycles. The van der Waals surface area contributed by atoms with Gasteiger partial charge in [0, 0.05) is 35.8 Å². The molecule has 8 heteroatoms. The lowest BCUT2D eigenvalue weighted by Crippen LogP contribution is -1.74. The van der Waals surface area contributed by atoms with Gasteiger partial charge in [0.2, 0.25) is 0 Å². The van der Waals surface area contributed by atoms with Crippen LogP contribution in [0.4, 0.5) is 0 Å². The Balaban J connectivity index is 0.000000156. The minimum Gasteiger partial charge on any atom is -0.449 e. The van der Waals surface area contributed by atoms with E-state index in [9.17, 15) is 0 Å². The first-order valence-electron chi connectivity index (χ1n) is 11.2. The van der Waals surface area contributed by atoms with Gasteiger partial charge in [0.1, 0.15) is 11.8 Å². The fraction of sp³-hybridized carbons (Fsp3) is 0.143. The summed E-state index contributed by atoms with van der Waals surface area (Å²) in [7, 11) is 0. The minimum atomic E-state index is 0.690. The first-order valence-corrected chi connectivity index (χ1v) is 12.9. The van der Waals surface area contributed by atoms with Crippen molar-refractivity contribution in [3.05, 3.63) is 119 Å². The van der Waals surface area contributed by atoms with Gasteiger partial charge < -0.3 is 8.83 Å². The molecule has 0 spiro atoms. The minimum absolute atomic E-state index is 0.690. The van der Waals surface area contributed by atoms with Crippen LogP contribution >= 0.6 is 23.1 Å². The first-order chi connectivity index (χ1) is 17.5. The molecule has 0 fully saturated rings. The fourth-order valence-corrected chi connectivity index (χ4v) is 3.81. The van der Waals surface area contributed by atoms with Crippen molar-refractivity contribution >= 4 is 34.2 Å². The maximum Gasteiger partial charge on any atom is 0.261 e. The number of benzene rings is 2. The molecular formula is C28H28N4O2S2. The third-order valence-electron chi connectivity index (χ3n) is 4.46. The van der Waals surface area contributed by atoms with Crippen molar-refractivity contribution in [1.29, 1.82) is 0 Å². The molecule has 4 aromatic heterocycles. The summed E-state index contributed by atoms with van der Waals surface area (Å²) in [5.74, 6) is 0.718. The predicted molar refractivity (Wildman–Crippen MR) is 146 cm³/mol. The fourth-order valence-electron chi connectivity index (χ4n) is 2.62. The van der Waals surface area contributed by atoms with Crippen LogP contribution < -0.4 is 0 Å².